The highest BCUT2D eigenvalue weighted by Crippen LogP contribution is 2.41. The lowest BCUT2D eigenvalue weighted by atomic mass is 10.0. The van der Waals surface area contributed by atoms with Crippen LogP contribution in [0, 0.1) is 0 Å². The molecular weight excluding hydrogens is 524 g/mol. The average Bonchev–Trinajstić information content (AvgIpc) is 3.57. The fourth-order valence-corrected chi connectivity index (χ4v) is 6.06. The number of hydrogen-bond acceptors (Lipinski definition) is 6. The summed E-state index contributed by atoms with van der Waals surface area (Å²) < 4.78 is 16.4. The van der Waals surface area contributed by atoms with Gasteiger partial charge in [-0.2, -0.15) is 0 Å². The van der Waals surface area contributed by atoms with E-state index in [1.54, 1.807) is 14.2 Å². The van der Waals surface area contributed by atoms with Crippen LogP contribution in [0.1, 0.15) is 0 Å². The summed E-state index contributed by atoms with van der Waals surface area (Å²) in [6.07, 6.45) is 14.8. The summed E-state index contributed by atoms with van der Waals surface area (Å²) in [5.74, 6) is 1.48. The molecule has 0 aliphatic carbocycles. The molecular formula is C34H24N6O2. The molecule has 0 unspecified atom stereocenters. The third-order valence-electron chi connectivity index (χ3n) is 7.91. The second kappa shape index (κ2) is 9.42. The van der Waals surface area contributed by atoms with E-state index in [-0.39, 0.29) is 0 Å². The minimum Gasteiger partial charge on any atom is -0.496 e. The zero-order valence-electron chi connectivity index (χ0n) is 22.9. The smallest absolute Gasteiger partial charge is 0.128 e. The first-order chi connectivity index (χ1) is 20.8. The molecule has 0 atom stereocenters. The number of fused-ring (bicyclic) bond motifs is 6. The topological polar surface area (TPSA) is 79.9 Å². The van der Waals surface area contributed by atoms with Gasteiger partial charge in [0.1, 0.15) is 11.5 Å². The van der Waals surface area contributed by atoms with Crippen LogP contribution >= 0.6 is 0 Å². The summed E-state index contributed by atoms with van der Waals surface area (Å²) in [5, 5.41) is 4.21. The molecule has 8 nitrogen and oxygen atoms in total. The molecule has 6 heterocycles. The minimum atomic E-state index is 0.741. The van der Waals surface area contributed by atoms with E-state index in [0.29, 0.717) is 0 Å². The first-order valence-corrected chi connectivity index (χ1v) is 13.5. The van der Waals surface area contributed by atoms with Gasteiger partial charge in [0.15, 0.2) is 0 Å². The number of rotatable bonds is 5. The molecule has 2 aromatic carbocycles. The normalized spacial score (nSPS) is 11.6. The minimum absolute atomic E-state index is 0.741. The van der Waals surface area contributed by atoms with Gasteiger partial charge in [-0.25, -0.2) is 0 Å². The molecule has 0 spiro atoms. The highest BCUT2D eigenvalue weighted by atomic mass is 16.5. The molecule has 0 radical (unpaired) electrons. The molecule has 0 aliphatic heterocycles. The van der Waals surface area contributed by atoms with E-state index in [4.69, 9.17) is 9.47 Å². The van der Waals surface area contributed by atoms with Crippen molar-refractivity contribution >= 4 is 43.6 Å². The van der Waals surface area contributed by atoms with Crippen LogP contribution in [0.25, 0.3) is 66.1 Å². The molecule has 0 fully saturated rings. The van der Waals surface area contributed by atoms with Crippen molar-refractivity contribution in [3.8, 4) is 34.0 Å². The third-order valence-corrected chi connectivity index (χ3v) is 7.91. The fraction of sp³-hybridized carbons (Fsp3) is 0.0588. The van der Waals surface area contributed by atoms with Gasteiger partial charge in [0.25, 0.3) is 0 Å². The standard InChI is InChI=1S/C34H24N6O2/c1-41-33-15-21(39-29-7-11-35-17-25(29)26-18-36-12-8-30(26)39)3-5-23(33)24-6-4-22(16-34(24)42-2)40-31-9-13-37-19-27(31)28-20-38-14-10-32(28)40/h3-20H,1-2H3. The Kier molecular flexibility index (Phi) is 5.40. The third kappa shape index (κ3) is 3.48. The molecule has 6 aromatic heterocycles. The van der Waals surface area contributed by atoms with E-state index in [2.05, 4.69) is 65.5 Å². The second-order valence-electron chi connectivity index (χ2n) is 10.0. The van der Waals surface area contributed by atoms with E-state index in [0.717, 1.165) is 77.6 Å². The molecule has 8 aromatic rings. The molecule has 0 aliphatic rings. The predicted octanol–water partition coefficient (Wildman–Crippen LogP) is 7.15. The first kappa shape index (κ1) is 24.1. The largest absolute Gasteiger partial charge is 0.496 e. The lowest BCUT2D eigenvalue weighted by Gasteiger charge is -2.17. The zero-order chi connectivity index (χ0) is 28.2. The van der Waals surface area contributed by atoms with Crippen molar-refractivity contribution in [2.24, 2.45) is 0 Å². The van der Waals surface area contributed by atoms with Gasteiger partial charge in [-0.05, 0) is 48.5 Å². The number of hydrogen-bond donors (Lipinski definition) is 0. The Hall–Kier alpha value is -5.76. The Balaban J connectivity index is 1.29. The van der Waals surface area contributed by atoms with Crippen molar-refractivity contribution in [3.63, 3.8) is 0 Å². The maximum Gasteiger partial charge on any atom is 0.128 e. The van der Waals surface area contributed by atoms with E-state index in [1.165, 1.54) is 0 Å². The molecule has 0 N–H and O–H groups in total. The number of nitrogens with zero attached hydrogens (tertiary/aromatic N) is 6. The van der Waals surface area contributed by atoms with Gasteiger partial charge >= 0.3 is 0 Å². The van der Waals surface area contributed by atoms with Crippen LogP contribution in [-0.2, 0) is 0 Å². The highest BCUT2D eigenvalue weighted by Gasteiger charge is 2.18. The summed E-state index contributed by atoms with van der Waals surface area (Å²) in [5.41, 5.74) is 8.06. The Labute approximate surface area is 240 Å². The zero-order valence-corrected chi connectivity index (χ0v) is 22.9. The number of methoxy groups -OCH3 is 2. The van der Waals surface area contributed by atoms with E-state index < -0.39 is 0 Å². The average molecular weight is 549 g/mol. The molecule has 8 rings (SSSR count). The van der Waals surface area contributed by atoms with Crippen LogP contribution in [-0.4, -0.2) is 43.3 Å². The Morgan fingerprint density at radius 3 is 1.10 bits per heavy atom. The van der Waals surface area contributed by atoms with Crippen LogP contribution < -0.4 is 9.47 Å². The van der Waals surface area contributed by atoms with Crippen molar-refractivity contribution in [2.75, 3.05) is 14.2 Å². The van der Waals surface area contributed by atoms with E-state index in [9.17, 15) is 0 Å². The summed E-state index contributed by atoms with van der Waals surface area (Å²) in [6, 6.07) is 20.6. The van der Waals surface area contributed by atoms with Crippen LogP contribution in [0.2, 0.25) is 0 Å². The van der Waals surface area contributed by atoms with Crippen molar-refractivity contribution < 1.29 is 9.47 Å². The van der Waals surface area contributed by atoms with Crippen LogP contribution in [0.15, 0.2) is 110 Å². The Morgan fingerprint density at radius 1 is 0.452 bits per heavy atom. The summed E-state index contributed by atoms with van der Waals surface area (Å²) in [7, 11) is 3.40. The SMILES string of the molecule is COc1cc(-n2c3ccncc3c3cnccc32)ccc1-c1ccc(-n2c3ccncc3c3cnccc32)cc1OC. The Morgan fingerprint density at radius 2 is 0.786 bits per heavy atom. The van der Waals surface area contributed by atoms with Gasteiger partial charge in [-0.1, -0.05) is 0 Å². The van der Waals surface area contributed by atoms with Crippen LogP contribution in [0.5, 0.6) is 11.5 Å². The number of aromatic nitrogens is 6. The quantitative estimate of drug-likeness (QED) is 0.227. The van der Waals surface area contributed by atoms with Gasteiger partial charge in [0.2, 0.25) is 0 Å². The van der Waals surface area contributed by atoms with Crippen LogP contribution in [0.3, 0.4) is 0 Å². The highest BCUT2D eigenvalue weighted by molar-refractivity contribution is 6.09. The van der Waals surface area contributed by atoms with Gasteiger partial charge in [0, 0.05) is 106 Å². The lowest BCUT2D eigenvalue weighted by molar-refractivity contribution is 0.410. The number of pyridine rings is 4. The van der Waals surface area contributed by atoms with Gasteiger partial charge in [0.05, 0.1) is 36.3 Å². The molecule has 0 bridgehead atoms. The number of ether oxygens (including phenoxy) is 2. The van der Waals surface area contributed by atoms with Crippen molar-refractivity contribution in [1.29, 1.82) is 0 Å². The van der Waals surface area contributed by atoms with Gasteiger partial charge < -0.3 is 18.6 Å². The molecule has 0 saturated heterocycles. The second-order valence-corrected chi connectivity index (χ2v) is 10.0. The van der Waals surface area contributed by atoms with Crippen molar-refractivity contribution in [2.45, 2.75) is 0 Å². The van der Waals surface area contributed by atoms with Crippen molar-refractivity contribution in [3.05, 3.63) is 110 Å². The molecule has 0 saturated carbocycles. The monoisotopic (exact) mass is 548 g/mol. The van der Waals surface area contributed by atoms with E-state index >= 15 is 0 Å². The number of benzene rings is 2. The molecule has 42 heavy (non-hydrogen) atoms. The molecule has 202 valence electrons. The van der Waals surface area contributed by atoms with Gasteiger partial charge in [-0.15, -0.1) is 0 Å². The Bertz CT molecular complexity index is 2030. The summed E-state index contributed by atoms with van der Waals surface area (Å²) in [6.45, 7) is 0. The summed E-state index contributed by atoms with van der Waals surface area (Å²) in [4.78, 5) is 17.4. The predicted molar refractivity (Wildman–Crippen MR) is 165 cm³/mol. The van der Waals surface area contributed by atoms with Gasteiger partial charge in [-0.3, -0.25) is 19.9 Å². The maximum atomic E-state index is 5.97. The molecule has 8 heteroatoms. The first-order valence-electron chi connectivity index (χ1n) is 13.5. The molecule has 0 amide bonds. The summed E-state index contributed by atoms with van der Waals surface area (Å²) >= 11 is 0. The van der Waals surface area contributed by atoms with Crippen molar-refractivity contribution in [1.82, 2.24) is 29.1 Å². The van der Waals surface area contributed by atoms with E-state index in [1.807, 2.05) is 73.8 Å². The lowest BCUT2D eigenvalue weighted by Crippen LogP contribution is -1.99. The maximum absolute atomic E-state index is 5.97. The van der Waals surface area contributed by atoms with Crippen LogP contribution in [0.4, 0.5) is 0 Å². The fourth-order valence-electron chi connectivity index (χ4n) is 6.06.